The van der Waals surface area contributed by atoms with Crippen LogP contribution in [0.4, 0.5) is 4.79 Å². The van der Waals surface area contributed by atoms with E-state index in [-0.39, 0.29) is 28.4 Å². The molecule has 1 saturated carbocycles. The largest absolute Gasteiger partial charge is 0.496 e. The van der Waals surface area contributed by atoms with Gasteiger partial charge in [0.2, 0.25) is 6.29 Å². The average molecular weight is 638 g/mol. The lowest BCUT2D eigenvalue weighted by Crippen LogP contribution is -2.48. The highest BCUT2D eigenvalue weighted by molar-refractivity contribution is 6.01. The fraction of sp³-hybridized carbons (Fsp3) is 0.471. The summed E-state index contributed by atoms with van der Waals surface area (Å²) in [6.45, 7) is 14.3. The van der Waals surface area contributed by atoms with Crippen molar-refractivity contribution in [2.45, 2.75) is 78.7 Å². The van der Waals surface area contributed by atoms with Gasteiger partial charge in [-0.2, -0.15) is 0 Å². The Morgan fingerprint density at radius 2 is 1.76 bits per heavy atom. The first-order valence-corrected chi connectivity index (χ1v) is 15.2. The van der Waals surface area contributed by atoms with Crippen LogP contribution in [0, 0.1) is 11.8 Å². The molecule has 1 unspecified atom stereocenters. The van der Waals surface area contributed by atoms with E-state index in [4.69, 9.17) is 18.9 Å². The van der Waals surface area contributed by atoms with E-state index < -0.39 is 41.9 Å². The van der Waals surface area contributed by atoms with Crippen molar-refractivity contribution in [2.24, 2.45) is 11.8 Å². The first-order valence-electron chi connectivity index (χ1n) is 15.2. The molecule has 0 spiro atoms. The van der Waals surface area contributed by atoms with Crippen LogP contribution in [0.5, 0.6) is 5.75 Å². The summed E-state index contributed by atoms with van der Waals surface area (Å²) in [6, 6.07) is 4.96. The molecule has 1 aromatic heterocycles. The topological polar surface area (TPSA) is 159 Å². The number of aldehydes is 1. The van der Waals surface area contributed by atoms with Gasteiger partial charge in [0.05, 0.1) is 7.11 Å². The second kappa shape index (κ2) is 15.5. The molecule has 12 nitrogen and oxygen atoms in total. The number of ether oxygens (including phenoxy) is 4. The highest BCUT2D eigenvalue weighted by Gasteiger charge is 2.32. The molecule has 1 aliphatic rings. The SMILES string of the molecule is C=Cc1cc(C=O)c(-c2ccc(C(=O)NCC3CC3)nc2C(=O)OC(C)OC(=O)[C@@H](NC(=O)OC(C)(C)C)[C@@H](C)CC)cc1OC. The average Bonchev–Trinajstić information content (AvgIpc) is 3.84. The van der Waals surface area contributed by atoms with E-state index in [0.717, 1.165) is 12.8 Å². The molecule has 248 valence electrons. The van der Waals surface area contributed by atoms with Crippen molar-refractivity contribution in [3.05, 3.63) is 53.4 Å². The lowest BCUT2D eigenvalue weighted by atomic mass is 9.95. The molecule has 1 aliphatic carbocycles. The van der Waals surface area contributed by atoms with Gasteiger partial charge in [0.15, 0.2) is 12.0 Å². The Kier molecular flexibility index (Phi) is 12.0. The van der Waals surface area contributed by atoms with E-state index >= 15 is 0 Å². The molecule has 0 bridgehead atoms. The van der Waals surface area contributed by atoms with Gasteiger partial charge in [0, 0.05) is 30.2 Å². The van der Waals surface area contributed by atoms with Crippen molar-refractivity contribution >= 4 is 36.3 Å². The molecule has 2 aromatic rings. The van der Waals surface area contributed by atoms with Gasteiger partial charge in [-0.15, -0.1) is 0 Å². The third-order valence-corrected chi connectivity index (χ3v) is 7.30. The fourth-order valence-corrected chi connectivity index (χ4v) is 4.46. The zero-order chi connectivity index (χ0) is 34.2. The van der Waals surface area contributed by atoms with E-state index in [1.54, 1.807) is 39.8 Å². The fourth-order valence-electron chi connectivity index (χ4n) is 4.46. The molecule has 1 heterocycles. The molecule has 1 fully saturated rings. The maximum atomic E-state index is 13.6. The summed E-state index contributed by atoms with van der Waals surface area (Å²) < 4.78 is 21.6. The van der Waals surface area contributed by atoms with Gasteiger partial charge < -0.3 is 29.6 Å². The van der Waals surface area contributed by atoms with E-state index in [9.17, 15) is 24.0 Å². The monoisotopic (exact) mass is 637 g/mol. The van der Waals surface area contributed by atoms with Crippen molar-refractivity contribution < 1.29 is 42.9 Å². The zero-order valence-electron chi connectivity index (χ0n) is 27.4. The lowest BCUT2D eigenvalue weighted by Gasteiger charge is -2.26. The van der Waals surface area contributed by atoms with Gasteiger partial charge in [-0.05, 0) is 75.3 Å². The number of esters is 2. The highest BCUT2D eigenvalue weighted by Crippen LogP contribution is 2.33. The Balaban J connectivity index is 1.92. The standard InChI is InChI=1S/C34H43N3O9/c1-9-19(3)28(37-33(42)46-34(5,6)7)31(40)44-20(4)45-32(41)29-24(13-14-26(36-29)30(39)35-17-21-11-12-21)25-16-27(43-8)22(10-2)15-23(25)18-38/h10,13-16,18-21,28H,2,9,11-12,17H2,1,3-8H3,(H,35,39)(H,37,42)/t19-,20?,28-/m0/s1. The molecule has 1 aromatic carbocycles. The Labute approximate surface area is 269 Å². The number of benzene rings is 1. The van der Waals surface area contributed by atoms with Crippen molar-refractivity contribution in [3.8, 4) is 16.9 Å². The number of carbonyl (C=O) groups is 5. The van der Waals surface area contributed by atoms with Crippen LogP contribution in [0.1, 0.15) is 97.7 Å². The van der Waals surface area contributed by atoms with Crippen LogP contribution in [0.15, 0.2) is 30.8 Å². The molecule has 46 heavy (non-hydrogen) atoms. The smallest absolute Gasteiger partial charge is 0.408 e. The van der Waals surface area contributed by atoms with Crippen molar-refractivity contribution in [2.75, 3.05) is 13.7 Å². The van der Waals surface area contributed by atoms with Gasteiger partial charge in [0.25, 0.3) is 5.91 Å². The van der Waals surface area contributed by atoms with Gasteiger partial charge in [-0.25, -0.2) is 19.4 Å². The van der Waals surface area contributed by atoms with Crippen LogP contribution in [-0.2, 0) is 19.0 Å². The Bertz CT molecular complexity index is 1480. The van der Waals surface area contributed by atoms with Gasteiger partial charge >= 0.3 is 18.0 Å². The minimum Gasteiger partial charge on any atom is -0.496 e. The molecule has 2 N–H and O–H groups in total. The summed E-state index contributed by atoms with van der Waals surface area (Å²) >= 11 is 0. The first kappa shape index (κ1) is 35.7. The number of pyridine rings is 1. The number of hydrogen-bond acceptors (Lipinski definition) is 10. The number of methoxy groups -OCH3 is 1. The predicted molar refractivity (Wildman–Crippen MR) is 170 cm³/mol. The number of aromatic nitrogens is 1. The molecule has 2 amide bonds. The van der Waals surface area contributed by atoms with Crippen LogP contribution in [0.3, 0.4) is 0 Å². The van der Waals surface area contributed by atoms with Gasteiger partial charge in [0.1, 0.15) is 23.1 Å². The summed E-state index contributed by atoms with van der Waals surface area (Å²) in [5, 5.41) is 5.35. The third-order valence-electron chi connectivity index (χ3n) is 7.30. The number of carbonyl (C=O) groups excluding carboxylic acids is 5. The molecule has 12 heteroatoms. The molecular weight excluding hydrogens is 594 g/mol. The first-order chi connectivity index (χ1) is 21.7. The second-order valence-electron chi connectivity index (χ2n) is 12.2. The Hall–Kier alpha value is -4.74. The van der Waals surface area contributed by atoms with Crippen molar-refractivity contribution in [3.63, 3.8) is 0 Å². The molecule has 3 atom stereocenters. The van der Waals surface area contributed by atoms with E-state index in [1.807, 2.05) is 6.92 Å². The number of nitrogens with zero attached hydrogens (tertiary/aromatic N) is 1. The van der Waals surface area contributed by atoms with Crippen LogP contribution >= 0.6 is 0 Å². The predicted octanol–water partition coefficient (Wildman–Crippen LogP) is 5.34. The molecule has 0 radical (unpaired) electrons. The maximum absolute atomic E-state index is 13.6. The van der Waals surface area contributed by atoms with Gasteiger partial charge in [-0.3, -0.25) is 9.59 Å². The maximum Gasteiger partial charge on any atom is 0.408 e. The Morgan fingerprint density at radius 3 is 2.33 bits per heavy atom. The second-order valence-corrected chi connectivity index (χ2v) is 12.2. The van der Waals surface area contributed by atoms with Crippen molar-refractivity contribution in [1.29, 1.82) is 0 Å². The zero-order valence-corrected chi connectivity index (χ0v) is 27.4. The number of hydrogen-bond donors (Lipinski definition) is 2. The highest BCUT2D eigenvalue weighted by atomic mass is 16.7. The quantitative estimate of drug-likeness (QED) is 0.157. The molecule has 0 aliphatic heterocycles. The lowest BCUT2D eigenvalue weighted by molar-refractivity contribution is -0.169. The van der Waals surface area contributed by atoms with Crippen LogP contribution in [0.25, 0.3) is 17.2 Å². The van der Waals surface area contributed by atoms with Crippen molar-refractivity contribution in [1.82, 2.24) is 15.6 Å². The van der Waals surface area contributed by atoms with E-state index in [2.05, 4.69) is 22.2 Å². The normalized spacial score (nSPS) is 14.6. The minimum atomic E-state index is -1.42. The summed E-state index contributed by atoms with van der Waals surface area (Å²) in [7, 11) is 1.45. The van der Waals surface area contributed by atoms with Crippen LogP contribution in [-0.4, -0.2) is 66.8 Å². The van der Waals surface area contributed by atoms with E-state index in [1.165, 1.54) is 32.2 Å². The summed E-state index contributed by atoms with van der Waals surface area (Å²) in [5.41, 5.74) is 0.127. The number of rotatable bonds is 14. The summed E-state index contributed by atoms with van der Waals surface area (Å²) in [5.74, 6) is -1.87. The van der Waals surface area contributed by atoms with Crippen LogP contribution < -0.4 is 15.4 Å². The molecular formula is C34H43N3O9. The van der Waals surface area contributed by atoms with Gasteiger partial charge in [-0.1, -0.05) is 32.9 Å². The number of alkyl carbamates (subject to hydrolysis) is 1. The van der Waals surface area contributed by atoms with Crippen LogP contribution in [0.2, 0.25) is 0 Å². The molecule has 3 rings (SSSR count). The summed E-state index contributed by atoms with van der Waals surface area (Å²) in [4.78, 5) is 68.5. The number of nitrogens with one attached hydrogen (secondary N) is 2. The Morgan fingerprint density at radius 1 is 1.07 bits per heavy atom. The molecule has 0 saturated heterocycles. The minimum absolute atomic E-state index is 0.0401. The summed E-state index contributed by atoms with van der Waals surface area (Å²) in [6.07, 6.45) is 2.51. The third kappa shape index (κ3) is 9.63. The van der Waals surface area contributed by atoms with E-state index in [0.29, 0.717) is 42.0 Å². The number of amides is 2.